The van der Waals surface area contributed by atoms with Gasteiger partial charge in [-0.3, -0.25) is 4.98 Å². The van der Waals surface area contributed by atoms with Crippen LogP contribution in [-0.4, -0.2) is 9.97 Å². The van der Waals surface area contributed by atoms with Crippen LogP contribution < -0.4 is 0 Å². The number of aromatic amines is 1. The normalized spacial score (nSPS) is 12.5. The zero-order chi connectivity index (χ0) is 13.2. The number of pyridine rings is 1. The fraction of sp³-hybridized carbons (Fsp3) is 0.118. The molecule has 0 aliphatic carbocycles. The van der Waals surface area contributed by atoms with Crippen LogP contribution in [0.25, 0.3) is 16.5 Å². The van der Waals surface area contributed by atoms with Crippen LogP contribution in [0.5, 0.6) is 0 Å². The highest BCUT2D eigenvalue weighted by molar-refractivity contribution is 5.93. The van der Waals surface area contributed by atoms with Gasteiger partial charge >= 0.3 is 0 Å². The molecular formula is C17H16N2. The lowest BCUT2D eigenvalue weighted by atomic mass is 9.90. The summed E-state index contributed by atoms with van der Waals surface area (Å²) in [5.74, 6) is 0.257. The third-order valence-corrected chi connectivity index (χ3v) is 3.64. The van der Waals surface area contributed by atoms with E-state index in [9.17, 15) is 0 Å². The number of nitrogens with zero attached hydrogens (tertiary/aromatic N) is 1. The standard InChI is InChI=1S/C17H16N2/c1-12(14-6-5-9-18-10-14)13(2)16-11-19-17-8-4-3-7-15(16)17/h3-12,19H,2H2,1H3. The Kier molecular flexibility index (Phi) is 2.92. The number of rotatable bonds is 3. The Labute approximate surface area is 112 Å². The van der Waals surface area contributed by atoms with Crippen LogP contribution in [0.1, 0.15) is 24.0 Å². The second-order valence-corrected chi connectivity index (χ2v) is 4.78. The summed E-state index contributed by atoms with van der Waals surface area (Å²) in [5.41, 5.74) is 4.65. The van der Waals surface area contributed by atoms with Crippen LogP contribution in [0.3, 0.4) is 0 Å². The Bertz CT molecular complexity index is 710. The van der Waals surface area contributed by atoms with Gasteiger partial charge in [-0.2, -0.15) is 0 Å². The predicted octanol–water partition coefficient (Wildman–Crippen LogP) is 4.38. The second-order valence-electron chi connectivity index (χ2n) is 4.78. The molecule has 2 nitrogen and oxygen atoms in total. The average Bonchev–Trinajstić information content (AvgIpc) is 2.90. The van der Waals surface area contributed by atoms with Gasteiger partial charge in [0.15, 0.2) is 0 Å². The number of benzene rings is 1. The first-order valence-corrected chi connectivity index (χ1v) is 6.42. The molecule has 94 valence electrons. The molecule has 3 aromatic rings. The van der Waals surface area contributed by atoms with Crippen molar-refractivity contribution in [1.29, 1.82) is 0 Å². The molecule has 0 fully saturated rings. The van der Waals surface area contributed by atoms with Crippen LogP contribution in [0.2, 0.25) is 0 Å². The predicted molar refractivity (Wildman–Crippen MR) is 80.0 cm³/mol. The van der Waals surface area contributed by atoms with E-state index < -0.39 is 0 Å². The molecule has 0 amide bonds. The molecule has 0 aliphatic heterocycles. The zero-order valence-corrected chi connectivity index (χ0v) is 10.9. The molecule has 1 atom stereocenters. The highest BCUT2D eigenvalue weighted by Gasteiger charge is 2.14. The lowest BCUT2D eigenvalue weighted by Crippen LogP contribution is -1.96. The molecule has 2 heteroatoms. The molecule has 0 spiro atoms. The van der Waals surface area contributed by atoms with E-state index in [0.29, 0.717) is 0 Å². The number of para-hydroxylation sites is 1. The van der Waals surface area contributed by atoms with Gasteiger partial charge in [0.2, 0.25) is 0 Å². The van der Waals surface area contributed by atoms with E-state index in [1.807, 2.05) is 24.5 Å². The topological polar surface area (TPSA) is 28.7 Å². The fourth-order valence-electron chi connectivity index (χ4n) is 2.40. The quantitative estimate of drug-likeness (QED) is 0.732. The van der Waals surface area contributed by atoms with Crippen LogP contribution in [0.15, 0.2) is 61.6 Å². The third kappa shape index (κ3) is 2.06. The smallest absolute Gasteiger partial charge is 0.0460 e. The summed E-state index contributed by atoms with van der Waals surface area (Å²) in [5, 5.41) is 1.23. The maximum absolute atomic E-state index is 4.28. The van der Waals surface area contributed by atoms with Gasteiger partial charge < -0.3 is 4.98 Å². The average molecular weight is 248 g/mol. The fourth-order valence-corrected chi connectivity index (χ4v) is 2.40. The zero-order valence-electron chi connectivity index (χ0n) is 10.9. The van der Waals surface area contributed by atoms with Gasteiger partial charge in [0.05, 0.1) is 0 Å². The highest BCUT2D eigenvalue weighted by atomic mass is 14.7. The van der Waals surface area contributed by atoms with Crippen LogP contribution in [0.4, 0.5) is 0 Å². The van der Waals surface area contributed by atoms with E-state index in [2.05, 4.69) is 47.7 Å². The SMILES string of the molecule is C=C(c1c[nH]c2ccccc12)C(C)c1cccnc1. The summed E-state index contributed by atoms with van der Waals surface area (Å²) in [6.07, 6.45) is 5.75. The summed E-state index contributed by atoms with van der Waals surface area (Å²) >= 11 is 0. The minimum Gasteiger partial charge on any atom is -0.361 e. The van der Waals surface area contributed by atoms with Crippen molar-refractivity contribution in [3.8, 4) is 0 Å². The Morgan fingerprint density at radius 2 is 2.05 bits per heavy atom. The van der Waals surface area contributed by atoms with Gasteiger partial charge in [-0.15, -0.1) is 0 Å². The van der Waals surface area contributed by atoms with Crippen molar-refractivity contribution in [2.45, 2.75) is 12.8 Å². The number of aromatic nitrogens is 2. The number of allylic oxidation sites excluding steroid dienone is 1. The van der Waals surface area contributed by atoms with Gasteiger partial charge in [-0.05, 0) is 23.3 Å². The number of nitrogens with one attached hydrogen (secondary N) is 1. The van der Waals surface area contributed by atoms with Crippen LogP contribution in [0, 0.1) is 0 Å². The minimum atomic E-state index is 0.257. The van der Waals surface area contributed by atoms with Crippen molar-refractivity contribution in [3.05, 3.63) is 72.7 Å². The molecule has 0 bridgehead atoms. The van der Waals surface area contributed by atoms with E-state index in [0.717, 1.165) is 11.1 Å². The Morgan fingerprint density at radius 3 is 2.84 bits per heavy atom. The lowest BCUT2D eigenvalue weighted by molar-refractivity contribution is 0.977. The van der Waals surface area contributed by atoms with Crippen molar-refractivity contribution >= 4 is 16.5 Å². The maximum Gasteiger partial charge on any atom is 0.0460 e. The number of hydrogen-bond donors (Lipinski definition) is 1. The van der Waals surface area contributed by atoms with Gasteiger partial charge in [0, 0.05) is 41.0 Å². The van der Waals surface area contributed by atoms with Crippen molar-refractivity contribution in [2.75, 3.05) is 0 Å². The van der Waals surface area contributed by atoms with Crippen molar-refractivity contribution in [2.24, 2.45) is 0 Å². The molecule has 3 rings (SSSR count). The maximum atomic E-state index is 4.28. The molecule has 0 saturated carbocycles. The molecule has 0 aliphatic rings. The third-order valence-electron chi connectivity index (χ3n) is 3.64. The van der Waals surface area contributed by atoms with E-state index in [1.54, 1.807) is 6.20 Å². The van der Waals surface area contributed by atoms with Crippen molar-refractivity contribution in [1.82, 2.24) is 9.97 Å². The molecule has 2 heterocycles. The van der Waals surface area contributed by atoms with Crippen LogP contribution >= 0.6 is 0 Å². The largest absolute Gasteiger partial charge is 0.361 e. The van der Waals surface area contributed by atoms with Gasteiger partial charge in [-0.25, -0.2) is 0 Å². The summed E-state index contributed by atoms with van der Waals surface area (Å²) < 4.78 is 0. The first-order chi connectivity index (χ1) is 9.27. The van der Waals surface area contributed by atoms with Crippen molar-refractivity contribution in [3.63, 3.8) is 0 Å². The highest BCUT2D eigenvalue weighted by Crippen LogP contribution is 2.33. The number of H-pyrrole nitrogens is 1. The molecule has 2 aromatic heterocycles. The number of fused-ring (bicyclic) bond motifs is 1. The number of hydrogen-bond acceptors (Lipinski definition) is 1. The Hall–Kier alpha value is -2.35. The van der Waals surface area contributed by atoms with E-state index >= 15 is 0 Å². The summed E-state index contributed by atoms with van der Waals surface area (Å²) in [6.45, 7) is 6.44. The van der Waals surface area contributed by atoms with Crippen molar-refractivity contribution < 1.29 is 0 Å². The Morgan fingerprint density at radius 1 is 1.21 bits per heavy atom. The van der Waals surface area contributed by atoms with E-state index in [-0.39, 0.29) is 5.92 Å². The molecule has 1 unspecified atom stereocenters. The van der Waals surface area contributed by atoms with Crippen LogP contribution in [-0.2, 0) is 0 Å². The molecule has 19 heavy (non-hydrogen) atoms. The lowest BCUT2D eigenvalue weighted by Gasteiger charge is -2.14. The van der Waals surface area contributed by atoms with Gasteiger partial charge in [0.1, 0.15) is 0 Å². The van der Waals surface area contributed by atoms with Gasteiger partial charge in [-0.1, -0.05) is 37.8 Å². The molecular weight excluding hydrogens is 232 g/mol. The molecule has 0 saturated heterocycles. The monoisotopic (exact) mass is 248 g/mol. The van der Waals surface area contributed by atoms with E-state index in [1.165, 1.54) is 16.5 Å². The molecule has 1 N–H and O–H groups in total. The summed E-state index contributed by atoms with van der Waals surface area (Å²) in [7, 11) is 0. The molecule has 1 aromatic carbocycles. The summed E-state index contributed by atoms with van der Waals surface area (Å²) in [4.78, 5) is 7.48. The van der Waals surface area contributed by atoms with Gasteiger partial charge in [0.25, 0.3) is 0 Å². The first kappa shape index (κ1) is 11.7. The second kappa shape index (κ2) is 4.73. The summed E-state index contributed by atoms with van der Waals surface area (Å²) in [6, 6.07) is 12.4. The minimum absolute atomic E-state index is 0.257. The Balaban J connectivity index is 2.00. The molecule has 0 radical (unpaired) electrons. The van der Waals surface area contributed by atoms with E-state index in [4.69, 9.17) is 0 Å². The first-order valence-electron chi connectivity index (χ1n) is 6.42.